The first kappa shape index (κ1) is 41.2. The van der Waals surface area contributed by atoms with E-state index in [1.54, 1.807) is 40.3 Å². The molecular formula is C47H52ClFN10O4. The van der Waals surface area contributed by atoms with Gasteiger partial charge in [-0.3, -0.25) is 19.8 Å². The fourth-order valence-electron chi connectivity index (χ4n) is 10.2. The molecule has 5 aliphatic rings. The number of nitrogens with two attached hydrogens (primary N) is 1. The zero-order valence-electron chi connectivity index (χ0n) is 35.2. The molecule has 63 heavy (non-hydrogen) atoms. The van der Waals surface area contributed by atoms with Crippen LogP contribution in [-0.4, -0.2) is 111 Å². The Balaban J connectivity index is 0.738. The molecule has 1 atom stereocenters. The monoisotopic (exact) mass is 874 g/mol. The molecule has 4 amide bonds. The van der Waals surface area contributed by atoms with E-state index < -0.39 is 11.7 Å². The molecule has 16 heteroatoms. The highest BCUT2D eigenvalue weighted by molar-refractivity contribution is 6.31. The number of carbonyl (C=O) groups is 3. The molecule has 10 rings (SSSR count). The number of phenolic OH excluding ortho intramolecular Hbond substituents is 1. The van der Waals surface area contributed by atoms with Crippen LogP contribution >= 0.6 is 11.6 Å². The summed E-state index contributed by atoms with van der Waals surface area (Å²) in [7, 11) is 0. The van der Waals surface area contributed by atoms with Gasteiger partial charge in [0, 0.05) is 111 Å². The molecule has 0 unspecified atom stereocenters. The minimum atomic E-state index is -1.38. The molecule has 4 aliphatic heterocycles. The van der Waals surface area contributed by atoms with Crippen LogP contribution in [0.5, 0.6) is 5.75 Å². The number of imide groups is 1. The van der Waals surface area contributed by atoms with Gasteiger partial charge in [-0.25, -0.2) is 14.2 Å². The summed E-state index contributed by atoms with van der Waals surface area (Å²) >= 11 is 6.93. The van der Waals surface area contributed by atoms with Crippen LogP contribution in [0.2, 0.25) is 5.02 Å². The Morgan fingerprint density at radius 3 is 2.46 bits per heavy atom. The molecule has 5 aromatic rings. The van der Waals surface area contributed by atoms with Crippen LogP contribution in [0.4, 0.5) is 26.4 Å². The Morgan fingerprint density at radius 1 is 0.921 bits per heavy atom. The minimum absolute atomic E-state index is 0.0988. The second-order valence-corrected chi connectivity index (χ2v) is 18.5. The van der Waals surface area contributed by atoms with Gasteiger partial charge in [-0.15, -0.1) is 10.2 Å². The molecule has 3 aromatic heterocycles. The fourth-order valence-corrected chi connectivity index (χ4v) is 10.6. The highest BCUT2D eigenvalue weighted by Crippen LogP contribution is 2.46. The van der Waals surface area contributed by atoms with Gasteiger partial charge >= 0.3 is 6.03 Å². The number of phenols is 1. The van der Waals surface area contributed by atoms with Gasteiger partial charge in [0.15, 0.2) is 5.82 Å². The van der Waals surface area contributed by atoms with Crippen molar-refractivity contribution < 1.29 is 23.9 Å². The van der Waals surface area contributed by atoms with E-state index in [1.807, 2.05) is 30.3 Å². The predicted octanol–water partition coefficient (Wildman–Crippen LogP) is 7.42. The number of aromatic hydroxyl groups is 1. The van der Waals surface area contributed by atoms with E-state index >= 15 is 4.39 Å². The average molecular weight is 875 g/mol. The zero-order chi connectivity index (χ0) is 43.4. The summed E-state index contributed by atoms with van der Waals surface area (Å²) in [6, 6.07) is 16.3. The molecule has 1 aliphatic carbocycles. The first-order chi connectivity index (χ1) is 30.5. The van der Waals surface area contributed by atoms with Crippen molar-refractivity contribution >= 4 is 57.7 Å². The average Bonchev–Trinajstić information content (AvgIpc) is 4.07. The lowest BCUT2D eigenvalue weighted by molar-refractivity contribution is -0.120. The number of rotatable bonds is 9. The maximum absolute atomic E-state index is 16.5. The molecule has 7 heterocycles. The van der Waals surface area contributed by atoms with Crippen molar-refractivity contribution in [1.29, 1.82) is 0 Å². The van der Waals surface area contributed by atoms with Gasteiger partial charge < -0.3 is 30.1 Å². The Kier molecular flexibility index (Phi) is 10.9. The van der Waals surface area contributed by atoms with Crippen molar-refractivity contribution in [2.24, 2.45) is 0 Å². The SMILES string of the molecule is Nc1nnc(-c2ccccc2O)cc1N1CCC[C@H](c2ccc(C(=O)N3CCC(F)(CN4CCC(n5cc(C6CC6)c6cc(N7CCC(=O)NC7=O)cnc65)CC4)CC3)cc2Cl)C1. The number of likely N-dealkylation sites (tertiary alicyclic amines) is 2. The van der Waals surface area contributed by atoms with E-state index in [-0.39, 0.29) is 48.8 Å². The molecular weight excluding hydrogens is 823 g/mol. The number of hydrogen-bond acceptors (Lipinski definition) is 10. The van der Waals surface area contributed by atoms with Gasteiger partial charge in [0.25, 0.3) is 5.91 Å². The Bertz CT molecular complexity index is 2580. The molecule has 1 saturated carbocycles. The number of fused-ring (bicyclic) bond motifs is 1. The smallest absolute Gasteiger partial charge is 0.328 e. The van der Waals surface area contributed by atoms with Crippen molar-refractivity contribution in [3.63, 3.8) is 0 Å². The van der Waals surface area contributed by atoms with Gasteiger partial charge in [0.05, 0.1) is 23.3 Å². The molecule has 328 valence electrons. The van der Waals surface area contributed by atoms with Crippen LogP contribution in [0.15, 0.2) is 67.0 Å². The maximum atomic E-state index is 16.5. The summed E-state index contributed by atoms with van der Waals surface area (Å²) < 4.78 is 18.8. The normalized spacial score (nSPS) is 21.2. The largest absolute Gasteiger partial charge is 0.507 e. The Hall–Kier alpha value is -5.80. The maximum Gasteiger partial charge on any atom is 0.328 e. The molecule has 4 saturated heterocycles. The third-order valence-electron chi connectivity index (χ3n) is 13.9. The number of nitrogens with zero attached hydrogens (tertiary/aromatic N) is 8. The highest BCUT2D eigenvalue weighted by atomic mass is 35.5. The second kappa shape index (κ2) is 16.7. The number of alkyl halides is 1. The summed E-state index contributed by atoms with van der Waals surface area (Å²) in [5.74, 6) is 0.627. The number of anilines is 3. The summed E-state index contributed by atoms with van der Waals surface area (Å²) in [6.07, 6.45) is 10.7. The number of pyridine rings is 1. The number of carbonyl (C=O) groups excluding carboxylic acids is 3. The van der Waals surface area contributed by atoms with E-state index in [2.05, 4.69) is 36.1 Å². The molecule has 5 fully saturated rings. The number of benzene rings is 2. The molecule has 14 nitrogen and oxygen atoms in total. The zero-order valence-corrected chi connectivity index (χ0v) is 35.9. The summed E-state index contributed by atoms with van der Waals surface area (Å²) in [5.41, 5.74) is 11.2. The summed E-state index contributed by atoms with van der Waals surface area (Å²) in [5, 5.41) is 22.9. The van der Waals surface area contributed by atoms with Crippen molar-refractivity contribution in [2.75, 3.05) is 67.9 Å². The van der Waals surface area contributed by atoms with Gasteiger partial charge in [-0.05, 0) is 92.0 Å². The quantitative estimate of drug-likeness (QED) is 0.136. The first-order valence-electron chi connectivity index (χ1n) is 22.3. The number of halogens is 2. The number of amides is 4. The number of nitrogen functional groups attached to an aromatic ring is 1. The minimum Gasteiger partial charge on any atom is -0.507 e. The number of piperidine rings is 3. The van der Waals surface area contributed by atoms with Crippen molar-refractivity contribution in [2.45, 2.75) is 81.3 Å². The van der Waals surface area contributed by atoms with E-state index in [9.17, 15) is 19.5 Å². The Morgan fingerprint density at radius 2 is 1.71 bits per heavy atom. The van der Waals surface area contributed by atoms with Crippen molar-refractivity contribution in [3.05, 3.63) is 88.7 Å². The second-order valence-electron chi connectivity index (χ2n) is 18.1. The molecule has 2 aromatic carbocycles. The molecule has 0 spiro atoms. The van der Waals surface area contributed by atoms with E-state index in [4.69, 9.17) is 22.3 Å². The number of para-hydroxylation sites is 1. The highest BCUT2D eigenvalue weighted by Gasteiger charge is 2.39. The fraction of sp³-hybridized carbons (Fsp3) is 0.447. The van der Waals surface area contributed by atoms with Crippen LogP contribution in [0.3, 0.4) is 0 Å². The van der Waals surface area contributed by atoms with Gasteiger partial charge in [-0.1, -0.05) is 29.8 Å². The van der Waals surface area contributed by atoms with E-state index in [0.29, 0.717) is 72.0 Å². The lowest BCUT2D eigenvalue weighted by atomic mass is 9.89. The van der Waals surface area contributed by atoms with Crippen LogP contribution in [0.25, 0.3) is 22.3 Å². The molecule has 0 radical (unpaired) electrons. The van der Waals surface area contributed by atoms with Gasteiger partial charge in [0.2, 0.25) is 5.91 Å². The first-order valence-corrected chi connectivity index (χ1v) is 22.7. The standard InChI is InChI=1S/C47H52ClFN10O4/c48-38-22-30(9-10-34(38)31-4-3-16-57(26-31)40-24-39(53-54-43(40)50)35-5-1-2-6-41(35)60)45(62)56-20-14-47(49,15-21-56)28-55-17-11-32(12-18-55)59-27-37(29-7-8-29)36-23-33(25-51-44(36)59)58-19-13-42(61)52-46(58)63/h1-2,5-6,9-10,22-25,27,29,31-32,60H,3-4,7-8,11-21,26,28H2,(H2,50,54)(H,52,61,63)/t31-/m0/s1. The molecule has 0 bridgehead atoms. The van der Waals surface area contributed by atoms with E-state index in [0.717, 1.165) is 80.4 Å². The number of hydrogen-bond donors (Lipinski definition) is 3. The number of urea groups is 1. The Labute approximate surface area is 370 Å². The lowest BCUT2D eigenvalue weighted by Gasteiger charge is -2.41. The molecule has 4 N–H and O–H groups in total. The third-order valence-corrected chi connectivity index (χ3v) is 14.2. The third kappa shape index (κ3) is 8.28. The predicted molar refractivity (Wildman–Crippen MR) is 240 cm³/mol. The van der Waals surface area contributed by atoms with Crippen LogP contribution < -0.4 is 20.9 Å². The van der Waals surface area contributed by atoms with Gasteiger partial charge in [-0.2, -0.15) is 0 Å². The summed E-state index contributed by atoms with van der Waals surface area (Å²) in [6.45, 7) is 4.34. The van der Waals surface area contributed by atoms with Crippen LogP contribution in [0, 0.1) is 0 Å². The van der Waals surface area contributed by atoms with E-state index in [1.165, 1.54) is 5.56 Å². The number of aromatic nitrogens is 4. The van der Waals surface area contributed by atoms with Crippen LogP contribution in [-0.2, 0) is 4.79 Å². The van der Waals surface area contributed by atoms with Crippen molar-refractivity contribution in [3.8, 4) is 17.0 Å². The van der Waals surface area contributed by atoms with Crippen molar-refractivity contribution in [1.82, 2.24) is 34.9 Å². The van der Waals surface area contributed by atoms with Crippen LogP contribution in [0.1, 0.15) is 97.1 Å². The topological polar surface area (TPSA) is 166 Å². The summed E-state index contributed by atoms with van der Waals surface area (Å²) in [4.78, 5) is 50.7. The lowest BCUT2D eigenvalue weighted by Crippen LogP contribution is -2.51. The number of nitrogens with one attached hydrogen (secondary N) is 1. The van der Waals surface area contributed by atoms with Gasteiger partial charge in [0.1, 0.15) is 17.1 Å².